The maximum atomic E-state index is 13.7. The van der Waals surface area contributed by atoms with Crippen molar-refractivity contribution in [2.45, 2.75) is 84.2 Å². The van der Waals surface area contributed by atoms with Crippen molar-refractivity contribution in [1.82, 2.24) is 9.62 Å². The van der Waals surface area contributed by atoms with Gasteiger partial charge in [-0.2, -0.15) is 4.31 Å². The third-order valence-electron chi connectivity index (χ3n) is 6.83. The third-order valence-corrected chi connectivity index (χ3v) is 8.61. The first-order chi connectivity index (χ1) is 15.1. The van der Waals surface area contributed by atoms with Crippen LogP contribution in [0, 0.1) is 13.8 Å². The van der Waals surface area contributed by atoms with Crippen LogP contribution in [0.25, 0.3) is 0 Å². The van der Waals surface area contributed by atoms with E-state index in [1.807, 2.05) is 32.0 Å². The van der Waals surface area contributed by atoms with Crippen molar-refractivity contribution >= 4 is 27.5 Å². The molecule has 1 aliphatic heterocycles. The van der Waals surface area contributed by atoms with Crippen LogP contribution in [0.1, 0.15) is 69.9 Å². The fraction of sp³-hybridized carbons (Fsp3) is 0.667. The molecule has 178 valence electrons. The highest BCUT2D eigenvalue weighted by Gasteiger charge is 2.51. The number of aryl methyl sites for hydroxylation is 2. The van der Waals surface area contributed by atoms with Crippen LogP contribution in [0.15, 0.2) is 18.2 Å². The Bertz CT molecular complexity index is 954. The Hall–Kier alpha value is -1.93. The summed E-state index contributed by atoms with van der Waals surface area (Å²) in [4.78, 5) is 28.7. The van der Waals surface area contributed by atoms with Crippen molar-refractivity contribution < 1.29 is 18.0 Å². The zero-order valence-corrected chi connectivity index (χ0v) is 20.6. The number of nitrogens with one attached hydrogen (secondary N) is 1. The highest BCUT2D eigenvalue weighted by atomic mass is 32.2. The molecule has 32 heavy (non-hydrogen) atoms. The molecule has 0 bridgehead atoms. The highest BCUT2D eigenvalue weighted by Crippen LogP contribution is 2.34. The molecule has 1 aromatic carbocycles. The van der Waals surface area contributed by atoms with Crippen LogP contribution in [0.4, 0.5) is 5.69 Å². The molecule has 1 saturated carbocycles. The number of hydrogen-bond acceptors (Lipinski definition) is 4. The van der Waals surface area contributed by atoms with Crippen molar-refractivity contribution in [2.75, 3.05) is 23.7 Å². The molecule has 1 N–H and O–H groups in total. The summed E-state index contributed by atoms with van der Waals surface area (Å²) in [5.41, 5.74) is 1.18. The van der Waals surface area contributed by atoms with Gasteiger partial charge in [0.2, 0.25) is 21.8 Å². The van der Waals surface area contributed by atoms with E-state index in [1.165, 1.54) is 28.5 Å². The number of carbonyl (C=O) groups excluding carboxylic acids is 2. The number of anilines is 1. The van der Waals surface area contributed by atoms with Gasteiger partial charge in [0.25, 0.3) is 0 Å². The summed E-state index contributed by atoms with van der Waals surface area (Å²) >= 11 is 0. The summed E-state index contributed by atoms with van der Waals surface area (Å²) in [5, 5.41) is 3.19. The van der Waals surface area contributed by atoms with Gasteiger partial charge >= 0.3 is 0 Å². The molecule has 2 aliphatic rings. The van der Waals surface area contributed by atoms with Crippen LogP contribution < -0.4 is 10.2 Å². The van der Waals surface area contributed by atoms with Crippen molar-refractivity contribution in [3.63, 3.8) is 0 Å². The average Bonchev–Trinajstić information content (AvgIpc) is 2.71. The Balaban J connectivity index is 1.99. The smallest absolute Gasteiger partial charge is 0.247 e. The Morgan fingerprint density at radius 3 is 2.38 bits per heavy atom. The maximum Gasteiger partial charge on any atom is 0.247 e. The molecule has 2 amide bonds. The molecule has 7 nitrogen and oxygen atoms in total. The van der Waals surface area contributed by atoms with Gasteiger partial charge in [0.05, 0.1) is 12.3 Å². The van der Waals surface area contributed by atoms with E-state index < -0.39 is 15.6 Å². The first kappa shape index (κ1) is 24.7. The van der Waals surface area contributed by atoms with Crippen molar-refractivity contribution in [1.29, 1.82) is 0 Å². The van der Waals surface area contributed by atoms with Gasteiger partial charge in [0.15, 0.2) is 0 Å². The zero-order chi connectivity index (χ0) is 23.5. The molecule has 2 fully saturated rings. The van der Waals surface area contributed by atoms with Crippen LogP contribution in [0.3, 0.4) is 0 Å². The van der Waals surface area contributed by atoms with Gasteiger partial charge < -0.3 is 5.32 Å². The fourth-order valence-electron chi connectivity index (χ4n) is 4.82. The molecule has 1 aliphatic carbocycles. The maximum absolute atomic E-state index is 13.7. The molecule has 1 aromatic rings. The lowest BCUT2D eigenvalue weighted by atomic mass is 9.91. The molecular weight excluding hydrogens is 426 g/mol. The lowest BCUT2D eigenvalue weighted by Crippen LogP contribution is -2.71. The third kappa shape index (κ3) is 5.17. The van der Waals surface area contributed by atoms with E-state index in [-0.39, 0.29) is 36.7 Å². The van der Waals surface area contributed by atoms with E-state index in [9.17, 15) is 18.0 Å². The van der Waals surface area contributed by atoms with Gasteiger partial charge in [0, 0.05) is 18.3 Å². The molecular formula is C24H37N3O4S. The quantitative estimate of drug-likeness (QED) is 0.726. The van der Waals surface area contributed by atoms with Gasteiger partial charge in [-0.05, 0) is 57.7 Å². The number of hydrogen-bond donors (Lipinski definition) is 1. The number of sulfonamides is 1. The number of piperazine rings is 1. The lowest BCUT2D eigenvalue weighted by molar-refractivity contribution is -0.133. The number of amides is 2. The van der Waals surface area contributed by atoms with Gasteiger partial charge in [-0.3, -0.25) is 14.5 Å². The van der Waals surface area contributed by atoms with Gasteiger partial charge in [-0.1, -0.05) is 44.2 Å². The molecule has 0 spiro atoms. The highest BCUT2D eigenvalue weighted by molar-refractivity contribution is 7.89. The molecule has 1 unspecified atom stereocenters. The molecule has 0 radical (unpaired) electrons. The molecule has 0 aromatic heterocycles. The van der Waals surface area contributed by atoms with Crippen LogP contribution in [-0.2, 0) is 19.6 Å². The first-order valence-electron chi connectivity index (χ1n) is 11.8. The topological polar surface area (TPSA) is 86.8 Å². The minimum absolute atomic E-state index is 0.0494. The Morgan fingerprint density at radius 2 is 1.75 bits per heavy atom. The molecule has 8 heteroatoms. The van der Waals surface area contributed by atoms with E-state index >= 15 is 0 Å². The largest absolute Gasteiger partial charge is 0.351 e. The predicted octanol–water partition coefficient (Wildman–Crippen LogP) is 3.29. The van der Waals surface area contributed by atoms with Crippen molar-refractivity contribution in [3.8, 4) is 0 Å². The van der Waals surface area contributed by atoms with E-state index in [1.54, 1.807) is 13.8 Å². The van der Waals surface area contributed by atoms with Crippen molar-refractivity contribution in [3.05, 3.63) is 29.3 Å². The SMILES string of the molecule is CCS(=O)(=O)N1CC(=O)N(c2cc(C)ccc2C)C(C)(C(=O)NC2CCCCCCC2)C1. The normalized spacial score (nSPS) is 24.1. The monoisotopic (exact) mass is 463 g/mol. The average molecular weight is 464 g/mol. The second-order valence-electron chi connectivity index (χ2n) is 9.48. The fourth-order valence-corrected chi connectivity index (χ4v) is 5.94. The second kappa shape index (κ2) is 9.91. The molecule has 1 saturated heterocycles. The number of benzene rings is 1. The Morgan fingerprint density at radius 1 is 1.12 bits per heavy atom. The Labute approximate surface area is 192 Å². The standard InChI is InChI=1S/C24H37N3O4S/c1-5-32(30,31)26-16-22(28)27(21-15-18(2)13-14-19(21)3)24(4,17-26)23(29)25-20-11-9-7-6-8-10-12-20/h13-15,20H,5-12,16-17H2,1-4H3,(H,25,29). The van der Waals surface area contributed by atoms with Gasteiger partial charge in [-0.25, -0.2) is 8.42 Å². The van der Waals surface area contributed by atoms with Gasteiger partial charge in [0.1, 0.15) is 5.54 Å². The minimum atomic E-state index is -3.62. The summed E-state index contributed by atoms with van der Waals surface area (Å²) in [5.74, 6) is -0.769. The van der Waals surface area contributed by atoms with E-state index in [0.717, 1.165) is 36.8 Å². The molecule has 1 atom stereocenters. The number of rotatable bonds is 5. The number of carbonyl (C=O) groups is 2. The second-order valence-corrected chi connectivity index (χ2v) is 11.7. The first-order valence-corrected chi connectivity index (χ1v) is 13.4. The van der Waals surface area contributed by atoms with E-state index in [4.69, 9.17) is 0 Å². The summed E-state index contributed by atoms with van der Waals surface area (Å²) in [7, 11) is -3.62. The molecule has 1 heterocycles. The Kier molecular flexibility index (Phi) is 7.65. The summed E-state index contributed by atoms with van der Waals surface area (Å²) < 4.78 is 26.5. The summed E-state index contributed by atoms with van der Waals surface area (Å²) in [6, 6.07) is 5.85. The van der Waals surface area contributed by atoms with E-state index in [2.05, 4.69) is 5.32 Å². The number of nitrogens with zero attached hydrogens (tertiary/aromatic N) is 2. The van der Waals surface area contributed by atoms with Gasteiger partial charge in [-0.15, -0.1) is 0 Å². The summed E-state index contributed by atoms with van der Waals surface area (Å²) in [6.07, 6.45) is 7.53. The predicted molar refractivity (Wildman–Crippen MR) is 127 cm³/mol. The van der Waals surface area contributed by atoms with Crippen molar-refractivity contribution in [2.24, 2.45) is 0 Å². The van der Waals surface area contributed by atoms with Crippen LogP contribution >= 0.6 is 0 Å². The van der Waals surface area contributed by atoms with Crippen LogP contribution in [0.5, 0.6) is 0 Å². The van der Waals surface area contributed by atoms with Crippen LogP contribution in [0.2, 0.25) is 0 Å². The minimum Gasteiger partial charge on any atom is -0.351 e. The lowest BCUT2D eigenvalue weighted by Gasteiger charge is -2.47. The van der Waals surface area contributed by atoms with Crippen LogP contribution in [-0.4, -0.2) is 55.0 Å². The zero-order valence-electron chi connectivity index (χ0n) is 19.8. The van der Waals surface area contributed by atoms with E-state index in [0.29, 0.717) is 5.69 Å². The molecule has 3 rings (SSSR count). The summed E-state index contributed by atoms with van der Waals surface area (Å²) in [6.45, 7) is 6.79.